The maximum atomic E-state index is 13.0. The molecule has 4 rings (SSSR count). The zero-order valence-electron chi connectivity index (χ0n) is 23.5. The Morgan fingerprint density at radius 3 is 2.33 bits per heavy atom. The van der Waals surface area contributed by atoms with Crippen LogP contribution in [-0.2, 0) is 17.1 Å². The fourth-order valence-electron chi connectivity index (χ4n) is 4.20. The highest BCUT2D eigenvalue weighted by Crippen LogP contribution is 2.31. The summed E-state index contributed by atoms with van der Waals surface area (Å²) in [5.74, 6) is 1.10. The van der Waals surface area contributed by atoms with Crippen LogP contribution in [0, 0.1) is 5.92 Å². The summed E-state index contributed by atoms with van der Waals surface area (Å²) in [6.07, 6.45) is 1.76. The van der Waals surface area contributed by atoms with E-state index in [4.69, 9.17) is 0 Å². The standard InChI is InChI=1S/C30H37N5O3S2/c1-20(2)21(3)31-17-23-8-10-25(11-9-23)28(37)33-30-32-18-27(40-30)39-19-24-6-5-7-26(16-24)29(38)35-14-12-34(13-15-35)22(4)36/h5-11,16,18,20-21,31H,12-15,17,19H2,1-4H3,(H,32,33,37)/t21-/m1/s1. The van der Waals surface area contributed by atoms with Crippen LogP contribution in [0.25, 0.3) is 0 Å². The number of amides is 3. The molecule has 0 unspecified atom stereocenters. The summed E-state index contributed by atoms with van der Waals surface area (Å²) < 4.78 is 0.980. The molecule has 1 saturated heterocycles. The van der Waals surface area contributed by atoms with E-state index in [0.29, 0.717) is 60.2 Å². The lowest BCUT2D eigenvalue weighted by atomic mass is 10.1. The van der Waals surface area contributed by atoms with Gasteiger partial charge in [0.05, 0.1) is 10.4 Å². The number of hydrogen-bond donors (Lipinski definition) is 2. The average molecular weight is 580 g/mol. The number of piperazine rings is 1. The SMILES string of the molecule is CC(=O)N1CCN(C(=O)c2cccc(CSc3cnc(NC(=O)c4ccc(CN[C@H](C)C(C)C)cc4)s3)c2)CC1. The molecule has 8 nitrogen and oxygen atoms in total. The summed E-state index contributed by atoms with van der Waals surface area (Å²) >= 11 is 3.05. The van der Waals surface area contributed by atoms with Gasteiger partial charge in [0.1, 0.15) is 0 Å². The molecule has 0 saturated carbocycles. The van der Waals surface area contributed by atoms with Crippen LogP contribution in [0.2, 0.25) is 0 Å². The topological polar surface area (TPSA) is 94.6 Å². The Bertz CT molecular complexity index is 1320. The first-order valence-corrected chi connectivity index (χ1v) is 15.4. The minimum atomic E-state index is -0.184. The summed E-state index contributed by atoms with van der Waals surface area (Å²) in [6, 6.07) is 15.7. The second kappa shape index (κ2) is 13.9. The van der Waals surface area contributed by atoms with E-state index >= 15 is 0 Å². The molecule has 1 aliphatic heterocycles. The van der Waals surface area contributed by atoms with Crippen LogP contribution in [0.5, 0.6) is 0 Å². The van der Waals surface area contributed by atoms with Gasteiger partial charge in [-0.25, -0.2) is 4.98 Å². The van der Waals surface area contributed by atoms with Gasteiger partial charge in [0.2, 0.25) is 5.91 Å². The van der Waals surface area contributed by atoms with Crippen molar-refractivity contribution < 1.29 is 14.4 Å². The molecule has 0 aliphatic carbocycles. The van der Waals surface area contributed by atoms with Gasteiger partial charge in [0, 0.05) is 62.6 Å². The first-order chi connectivity index (χ1) is 19.2. The number of nitrogens with zero attached hydrogens (tertiary/aromatic N) is 3. The van der Waals surface area contributed by atoms with Crippen molar-refractivity contribution in [2.45, 2.75) is 50.2 Å². The third kappa shape index (κ3) is 8.16. The Kier molecular flexibility index (Phi) is 10.4. The lowest BCUT2D eigenvalue weighted by molar-refractivity contribution is -0.130. The van der Waals surface area contributed by atoms with E-state index in [9.17, 15) is 14.4 Å². The molecule has 212 valence electrons. The highest BCUT2D eigenvalue weighted by molar-refractivity contribution is 8.00. The average Bonchev–Trinajstić information content (AvgIpc) is 3.41. The first kappa shape index (κ1) is 29.8. The Balaban J connectivity index is 1.26. The molecular weight excluding hydrogens is 542 g/mol. The molecule has 3 aromatic rings. The van der Waals surface area contributed by atoms with Crippen LogP contribution in [0.3, 0.4) is 0 Å². The maximum absolute atomic E-state index is 13.0. The first-order valence-electron chi connectivity index (χ1n) is 13.6. The van der Waals surface area contributed by atoms with Crippen molar-refractivity contribution in [3.8, 4) is 0 Å². The van der Waals surface area contributed by atoms with Gasteiger partial charge >= 0.3 is 0 Å². The molecular formula is C30H37N5O3S2. The van der Waals surface area contributed by atoms with E-state index in [1.54, 1.807) is 29.8 Å². The van der Waals surface area contributed by atoms with Gasteiger partial charge in [-0.1, -0.05) is 49.4 Å². The number of carbonyl (C=O) groups excluding carboxylic acids is 3. The fraction of sp³-hybridized carbons (Fsp3) is 0.400. The maximum Gasteiger partial charge on any atom is 0.257 e. The summed E-state index contributed by atoms with van der Waals surface area (Å²) in [4.78, 5) is 45.2. The largest absolute Gasteiger partial charge is 0.339 e. The van der Waals surface area contributed by atoms with Crippen LogP contribution in [-0.4, -0.2) is 64.7 Å². The van der Waals surface area contributed by atoms with Gasteiger partial charge in [0.15, 0.2) is 5.13 Å². The molecule has 0 bridgehead atoms. The van der Waals surface area contributed by atoms with Crippen molar-refractivity contribution in [3.05, 3.63) is 77.0 Å². The van der Waals surface area contributed by atoms with Crippen molar-refractivity contribution >= 4 is 46.0 Å². The molecule has 0 spiro atoms. The summed E-state index contributed by atoms with van der Waals surface area (Å²) in [7, 11) is 0. The Morgan fingerprint density at radius 2 is 1.65 bits per heavy atom. The van der Waals surface area contributed by atoms with Crippen LogP contribution in [0.15, 0.2) is 58.9 Å². The minimum absolute atomic E-state index is 0.00717. The number of nitrogens with one attached hydrogen (secondary N) is 2. The van der Waals surface area contributed by atoms with Crippen molar-refractivity contribution in [2.24, 2.45) is 5.92 Å². The van der Waals surface area contributed by atoms with E-state index in [-0.39, 0.29) is 17.7 Å². The van der Waals surface area contributed by atoms with Gasteiger partial charge in [-0.2, -0.15) is 0 Å². The van der Waals surface area contributed by atoms with Gasteiger partial charge in [-0.05, 0) is 48.2 Å². The molecule has 3 amide bonds. The van der Waals surface area contributed by atoms with Crippen LogP contribution in [0.1, 0.15) is 59.5 Å². The molecule has 2 N–H and O–H groups in total. The molecule has 40 heavy (non-hydrogen) atoms. The Labute approximate surface area is 244 Å². The van der Waals surface area contributed by atoms with Crippen LogP contribution < -0.4 is 10.6 Å². The van der Waals surface area contributed by atoms with E-state index in [2.05, 4.69) is 36.4 Å². The highest BCUT2D eigenvalue weighted by Gasteiger charge is 2.23. The molecule has 2 aromatic carbocycles. The number of hydrogen-bond acceptors (Lipinski definition) is 7. The number of rotatable bonds is 10. The predicted molar refractivity (Wildman–Crippen MR) is 162 cm³/mol. The van der Waals surface area contributed by atoms with Crippen molar-refractivity contribution in [3.63, 3.8) is 0 Å². The van der Waals surface area contributed by atoms with E-state index in [1.165, 1.54) is 11.3 Å². The predicted octanol–water partition coefficient (Wildman–Crippen LogP) is 5.13. The number of thiazole rings is 1. The van der Waals surface area contributed by atoms with Crippen LogP contribution >= 0.6 is 23.1 Å². The Hall–Kier alpha value is -3.21. The highest BCUT2D eigenvalue weighted by atomic mass is 32.2. The van der Waals surface area contributed by atoms with Crippen molar-refractivity contribution in [1.82, 2.24) is 20.1 Å². The molecule has 1 aliphatic rings. The molecule has 1 aromatic heterocycles. The van der Waals surface area contributed by atoms with Crippen molar-refractivity contribution in [2.75, 3.05) is 31.5 Å². The van der Waals surface area contributed by atoms with Gasteiger partial charge in [-0.3, -0.25) is 19.7 Å². The lowest BCUT2D eigenvalue weighted by Gasteiger charge is -2.34. The number of thioether (sulfide) groups is 1. The molecule has 10 heteroatoms. The van der Waals surface area contributed by atoms with E-state index < -0.39 is 0 Å². The fourth-order valence-corrected chi connectivity index (χ4v) is 6.01. The third-order valence-corrected chi connectivity index (χ3v) is 9.30. The summed E-state index contributed by atoms with van der Waals surface area (Å²) in [5, 5.41) is 6.95. The van der Waals surface area contributed by atoms with E-state index in [0.717, 1.165) is 21.9 Å². The molecule has 1 fully saturated rings. The van der Waals surface area contributed by atoms with Crippen LogP contribution in [0.4, 0.5) is 5.13 Å². The zero-order valence-corrected chi connectivity index (χ0v) is 25.1. The number of carbonyl (C=O) groups is 3. The second-order valence-corrected chi connectivity index (χ2v) is 12.6. The molecule has 2 heterocycles. The quantitative estimate of drug-likeness (QED) is 0.324. The number of benzene rings is 2. The van der Waals surface area contributed by atoms with Crippen molar-refractivity contribution in [1.29, 1.82) is 0 Å². The molecule has 0 radical (unpaired) electrons. The smallest absolute Gasteiger partial charge is 0.257 e. The minimum Gasteiger partial charge on any atom is -0.339 e. The number of anilines is 1. The summed E-state index contributed by atoms with van der Waals surface area (Å²) in [5.41, 5.74) is 3.42. The lowest BCUT2D eigenvalue weighted by Crippen LogP contribution is -2.50. The molecule has 1 atom stereocenters. The van der Waals surface area contributed by atoms with Gasteiger partial charge in [-0.15, -0.1) is 11.8 Å². The normalized spacial score (nSPS) is 14.3. The van der Waals surface area contributed by atoms with Gasteiger partial charge < -0.3 is 15.1 Å². The summed E-state index contributed by atoms with van der Waals surface area (Å²) in [6.45, 7) is 11.1. The Morgan fingerprint density at radius 1 is 0.950 bits per heavy atom. The monoisotopic (exact) mass is 579 g/mol. The third-order valence-electron chi connectivity index (χ3n) is 7.12. The van der Waals surface area contributed by atoms with Gasteiger partial charge in [0.25, 0.3) is 11.8 Å². The number of aromatic nitrogens is 1. The second-order valence-electron chi connectivity index (χ2n) is 10.3. The van der Waals surface area contributed by atoms with E-state index in [1.807, 2.05) is 53.4 Å². The zero-order chi connectivity index (χ0) is 28.6.